The predicted molar refractivity (Wildman–Crippen MR) is 82.4 cm³/mol. The summed E-state index contributed by atoms with van der Waals surface area (Å²) in [5.41, 5.74) is 0.538. The Labute approximate surface area is 125 Å². The summed E-state index contributed by atoms with van der Waals surface area (Å²) in [6.45, 7) is 6.19. The maximum atomic E-state index is 12.5. The summed E-state index contributed by atoms with van der Waals surface area (Å²) in [7, 11) is 1.99. The molecule has 0 aromatic heterocycles. The van der Waals surface area contributed by atoms with Crippen LogP contribution in [0.15, 0.2) is 18.2 Å². The van der Waals surface area contributed by atoms with Gasteiger partial charge in [0.25, 0.3) is 0 Å². The molecular formula is C15H21Cl2NO. The third-order valence-electron chi connectivity index (χ3n) is 3.71. The van der Waals surface area contributed by atoms with Crippen molar-refractivity contribution in [2.75, 3.05) is 7.05 Å². The highest BCUT2D eigenvalue weighted by molar-refractivity contribution is 6.37. The highest BCUT2D eigenvalue weighted by Gasteiger charge is 2.25. The third kappa shape index (κ3) is 3.95. The number of likely N-dealkylation sites (N-methyl/N-ethyl adjacent to an activating group) is 1. The minimum Gasteiger partial charge on any atom is -0.294 e. The number of nitrogens with zero attached hydrogens (tertiary/aromatic N) is 1. The van der Waals surface area contributed by atoms with Crippen molar-refractivity contribution in [3.63, 3.8) is 0 Å². The highest BCUT2D eigenvalue weighted by Crippen LogP contribution is 2.24. The topological polar surface area (TPSA) is 20.3 Å². The van der Waals surface area contributed by atoms with Crippen molar-refractivity contribution >= 4 is 29.0 Å². The number of hydrogen-bond acceptors (Lipinski definition) is 2. The largest absolute Gasteiger partial charge is 0.294 e. The quantitative estimate of drug-likeness (QED) is 0.711. The monoisotopic (exact) mass is 301 g/mol. The molecule has 1 rings (SSSR count). The fourth-order valence-corrected chi connectivity index (χ4v) is 2.78. The van der Waals surface area contributed by atoms with Crippen LogP contribution in [0.25, 0.3) is 0 Å². The van der Waals surface area contributed by atoms with Crippen LogP contribution in [0.1, 0.15) is 44.0 Å². The molecule has 2 nitrogen and oxygen atoms in total. The summed E-state index contributed by atoms with van der Waals surface area (Å²) in [6.07, 6.45) is 2.05. The number of rotatable bonds is 6. The summed E-state index contributed by atoms with van der Waals surface area (Å²) in [4.78, 5) is 14.6. The van der Waals surface area contributed by atoms with Crippen LogP contribution in [0.3, 0.4) is 0 Å². The number of carbonyl (C=O) groups excluding carboxylic acids is 1. The van der Waals surface area contributed by atoms with E-state index < -0.39 is 0 Å². The molecule has 1 aromatic carbocycles. The van der Waals surface area contributed by atoms with Crippen molar-refractivity contribution in [1.29, 1.82) is 0 Å². The van der Waals surface area contributed by atoms with Crippen molar-refractivity contribution < 1.29 is 4.79 Å². The van der Waals surface area contributed by atoms with Gasteiger partial charge in [0.05, 0.1) is 11.1 Å². The number of ketones is 1. The first-order valence-electron chi connectivity index (χ1n) is 6.63. The number of halogens is 2. The molecular weight excluding hydrogens is 281 g/mol. The van der Waals surface area contributed by atoms with E-state index in [9.17, 15) is 4.79 Å². The molecule has 0 N–H and O–H groups in total. The zero-order valence-electron chi connectivity index (χ0n) is 11.9. The molecule has 0 aliphatic heterocycles. The molecule has 4 heteroatoms. The van der Waals surface area contributed by atoms with Crippen LogP contribution in [-0.2, 0) is 0 Å². The van der Waals surface area contributed by atoms with Gasteiger partial charge in [0, 0.05) is 16.6 Å². The summed E-state index contributed by atoms with van der Waals surface area (Å²) >= 11 is 11.9. The van der Waals surface area contributed by atoms with Crippen LogP contribution < -0.4 is 0 Å². The Morgan fingerprint density at radius 3 is 2.32 bits per heavy atom. The molecule has 1 unspecified atom stereocenters. The first kappa shape index (κ1) is 16.5. The Morgan fingerprint density at radius 2 is 1.84 bits per heavy atom. The lowest BCUT2D eigenvalue weighted by atomic mass is 10.0. The number of carbonyl (C=O) groups is 1. The molecule has 0 aliphatic rings. The first-order chi connectivity index (χ1) is 8.92. The minimum absolute atomic E-state index is 0.0380. The average molecular weight is 302 g/mol. The van der Waals surface area contributed by atoms with E-state index in [4.69, 9.17) is 23.2 Å². The number of benzene rings is 1. The van der Waals surface area contributed by atoms with Crippen LogP contribution in [0.5, 0.6) is 0 Å². The second-order valence-electron chi connectivity index (χ2n) is 4.80. The minimum atomic E-state index is -0.191. The lowest BCUT2D eigenvalue weighted by Gasteiger charge is -2.31. The Hall–Kier alpha value is -0.570. The third-order valence-corrected chi connectivity index (χ3v) is 4.25. The van der Waals surface area contributed by atoms with Gasteiger partial charge < -0.3 is 0 Å². The summed E-state index contributed by atoms with van der Waals surface area (Å²) in [6, 6.07) is 5.23. The molecule has 1 aromatic rings. The smallest absolute Gasteiger partial charge is 0.181 e. The molecule has 106 valence electrons. The molecule has 0 bridgehead atoms. The van der Waals surface area contributed by atoms with Crippen LogP contribution in [0.2, 0.25) is 10.0 Å². The lowest BCUT2D eigenvalue weighted by molar-refractivity contribution is 0.0808. The molecule has 0 fully saturated rings. The van der Waals surface area contributed by atoms with E-state index in [1.165, 1.54) is 0 Å². The van der Waals surface area contributed by atoms with Crippen molar-refractivity contribution in [3.05, 3.63) is 33.8 Å². The molecule has 0 saturated heterocycles. The van der Waals surface area contributed by atoms with Crippen molar-refractivity contribution in [2.24, 2.45) is 0 Å². The zero-order valence-corrected chi connectivity index (χ0v) is 13.4. The van der Waals surface area contributed by atoms with Crippen LogP contribution in [-0.4, -0.2) is 29.8 Å². The number of Topliss-reactive ketones (excluding diaryl/α,β-unsaturated/α-hetero) is 1. The van der Waals surface area contributed by atoms with Gasteiger partial charge in [0.15, 0.2) is 5.78 Å². The van der Waals surface area contributed by atoms with E-state index in [-0.39, 0.29) is 11.8 Å². The van der Waals surface area contributed by atoms with Gasteiger partial charge in [-0.05, 0) is 45.0 Å². The van der Waals surface area contributed by atoms with E-state index in [1.807, 2.05) is 14.0 Å². The normalized spacial score (nSPS) is 13.1. The molecule has 0 spiro atoms. The van der Waals surface area contributed by atoms with Gasteiger partial charge in [0.1, 0.15) is 0 Å². The molecule has 0 heterocycles. The van der Waals surface area contributed by atoms with Crippen LogP contribution >= 0.6 is 23.2 Å². The van der Waals surface area contributed by atoms with Gasteiger partial charge in [-0.3, -0.25) is 9.69 Å². The van der Waals surface area contributed by atoms with E-state index >= 15 is 0 Å². The van der Waals surface area contributed by atoms with Crippen LogP contribution in [0.4, 0.5) is 0 Å². The summed E-state index contributed by atoms with van der Waals surface area (Å²) in [5.74, 6) is 0.0380. The maximum Gasteiger partial charge on any atom is 0.181 e. The van der Waals surface area contributed by atoms with E-state index in [0.29, 0.717) is 21.7 Å². The van der Waals surface area contributed by atoms with Gasteiger partial charge in [-0.2, -0.15) is 0 Å². The zero-order chi connectivity index (χ0) is 14.6. The molecule has 0 radical (unpaired) electrons. The van der Waals surface area contributed by atoms with E-state index in [1.54, 1.807) is 18.2 Å². The SMILES string of the molecule is CCC(CC)N(C)C(C)C(=O)c1ccc(Cl)cc1Cl. The average Bonchev–Trinajstić information content (AvgIpc) is 2.38. The predicted octanol–water partition coefficient (Wildman–Crippen LogP) is 4.69. The van der Waals surface area contributed by atoms with E-state index in [2.05, 4.69) is 18.7 Å². The Kier molecular flexibility index (Phi) is 6.31. The van der Waals surface area contributed by atoms with Gasteiger partial charge in [0.2, 0.25) is 0 Å². The van der Waals surface area contributed by atoms with Gasteiger partial charge in [-0.15, -0.1) is 0 Å². The molecule has 0 aliphatic carbocycles. The number of hydrogen-bond donors (Lipinski definition) is 0. The Morgan fingerprint density at radius 1 is 1.26 bits per heavy atom. The molecule has 0 saturated carbocycles. The van der Waals surface area contributed by atoms with Crippen molar-refractivity contribution in [2.45, 2.75) is 45.7 Å². The maximum absolute atomic E-state index is 12.5. The van der Waals surface area contributed by atoms with Crippen LogP contribution in [0, 0.1) is 0 Å². The van der Waals surface area contributed by atoms with Gasteiger partial charge in [-0.25, -0.2) is 0 Å². The highest BCUT2D eigenvalue weighted by atomic mass is 35.5. The first-order valence-corrected chi connectivity index (χ1v) is 7.39. The second kappa shape index (κ2) is 7.28. The molecule has 1 atom stereocenters. The van der Waals surface area contributed by atoms with Crippen molar-refractivity contribution in [1.82, 2.24) is 4.90 Å². The standard InChI is InChI=1S/C15H21Cl2NO/c1-5-12(6-2)18(4)10(3)15(19)13-8-7-11(16)9-14(13)17/h7-10,12H,5-6H2,1-4H3. The fraction of sp³-hybridized carbons (Fsp3) is 0.533. The fourth-order valence-electron chi connectivity index (χ4n) is 2.28. The summed E-state index contributed by atoms with van der Waals surface area (Å²) in [5, 5.41) is 0.963. The lowest BCUT2D eigenvalue weighted by Crippen LogP contribution is -2.42. The van der Waals surface area contributed by atoms with Gasteiger partial charge >= 0.3 is 0 Å². The molecule has 0 amide bonds. The summed E-state index contributed by atoms with van der Waals surface area (Å²) < 4.78 is 0. The van der Waals surface area contributed by atoms with E-state index in [0.717, 1.165) is 12.8 Å². The Balaban J connectivity index is 2.93. The molecule has 19 heavy (non-hydrogen) atoms. The van der Waals surface area contributed by atoms with Crippen molar-refractivity contribution in [3.8, 4) is 0 Å². The van der Waals surface area contributed by atoms with Gasteiger partial charge in [-0.1, -0.05) is 37.0 Å². The Bertz CT molecular complexity index is 444. The second-order valence-corrected chi connectivity index (χ2v) is 5.64.